The second kappa shape index (κ2) is 13.4. The van der Waals surface area contributed by atoms with Crippen molar-refractivity contribution >= 4 is 56.9 Å². The van der Waals surface area contributed by atoms with Crippen LogP contribution >= 0.6 is 0 Å². The molecule has 0 bridgehead atoms. The lowest BCUT2D eigenvalue weighted by molar-refractivity contribution is 0.101. The topological polar surface area (TPSA) is 132 Å². The number of hydrogen-bond acceptors (Lipinski definition) is 6. The largest absolute Gasteiger partial charge is 0.505 e. The van der Waals surface area contributed by atoms with Gasteiger partial charge in [0.25, 0.3) is 17.7 Å². The summed E-state index contributed by atoms with van der Waals surface area (Å²) in [4.78, 5) is 38.6. The molecule has 46 heavy (non-hydrogen) atoms. The summed E-state index contributed by atoms with van der Waals surface area (Å²) in [5.74, 6) is -1.45. The van der Waals surface area contributed by atoms with E-state index < -0.39 is 5.91 Å². The van der Waals surface area contributed by atoms with Crippen molar-refractivity contribution in [3.63, 3.8) is 0 Å². The molecule has 0 fully saturated rings. The van der Waals surface area contributed by atoms with Crippen LogP contribution in [0, 0.1) is 0 Å². The highest BCUT2D eigenvalue weighted by atomic mass is 16.3. The summed E-state index contributed by atoms with van der Waals surface area (Å²) in [6, 6.07) is 40.0. The predicted molar refractivity (Wildman–Crippen MR) is 179 cm³/mol. The number of nitrogens with one attached hydrogen (secondary N) is 3. The Kier molecular flexibility index (Phi) is 8.55. The number of hydrogen-bond donors (Lipinski definition) is 4. The van der Waals surface area contributed by atoms with Crippen LogP contribution in [0.25, 0.3) is 10.8 Å². The van der Waals surface area contributed by atoms with Crippen molar-refractivity contribution in [2.75, 3.05) is 16.0 Å². The number of rotatable bonds is 8. The van der Waals surface area contributed by atoms with Crippen molar-refractivity contribution < 1.29 is 19.5 Å². The van der Waals surface area contributed by atoms with Crippen molar-refractivity contribution in [2.45, 2.75) is 0 Å². The Morgan fingerprint density at radius 2 is 1.04 bits per heavy atom. The molecule has 224 valence electrons. The van der Waals surface area contributed by atoms with E-state index in [2.05, 4.69) is 26.2 Å². The molecule has 9 nitrogen and oxygen atoms in total. The number of benzene rings is 6. The Hall–Kier alpha value is -6.61. The molecule has 0 radical (unpaired) electrons. The summed E-state index contributed by atoms with van der Waals surface area (Å²) in [6.07, 6.45) is 0. The number of phenolic OH excluding ortho intramolecular Hbond substituents is 1. The molecule has 0 unspecified atom stereocenters. The number of para-hydroxylation sites is 1. The zero-order valence-electron chi connectivity index (χ0n) is 24.3. The number of azo groups is 1. The summed E-state index contributed by atoms with van der Waals surface area (Å²) in [6.45, 7) is 0. The lowest BCUT2D eigenvalue weighted by atomic mass is 10.0. The summed E-state index contributed by atoms with van der Waals surface area (Å²) in [7, 11) is 0. The first-order valence-corrected chi connectivity index (χ1v) is 14.4. The van der Waals surface area contributed by atoms with Gasteiger partial charge in [-0.3, -0.25) is 14.4 Å². The van der Waals surface area contributed by atoms with Crippen LogP contribution in [0.1, 0.15) is 31.1 Å². The molecular formula is C37H27N5O4. The van der Waals surface area contributed by atoms with Gasteiger partial charge in [-0.1, -0.05) is 66.7 Å². The van der Waals surface area contributed by atoms with E-state index in [1.165, 1.54) is 0 Å². The van der Waals surface area contributed by atoms with Gasteiger partial charge in [0.15, 0.2) is 5.75 Å². The van der Waals surface area contributed by atoms with E-state index in [0.717, 1.165) is 0 Å². The third-order valence-electron chi connectivity index (χ3n) is 7.08. The molecule has 4 N–H and O–H groups in total. The van der Waals surface area contributed by atoms with Crippen LogP contribution in [0.5, 0.6) is 5.75 Å². The number of phenols is 1. The Morgan fingerprint density at radius 3 is 1.74 bits per heavy atom. The highest BCUT2D eigenvalue weighted by Crippen LogP contribution is 2.39. The van der Waals surface area contributed by atoms with Crippen molar-refractivity contribution in [3.05, 3.63) is 156 Å². The number of carbonyl (C=O) groups is 3. The van der Waals surface area contributed by atoms with E-state index in [4.69, 9.17) is 0 Å². The van der Waals surface area contributed by atoms with Crippen LogP contribution in [0.15, 0.2) is 150 Å². The minimum absolute atomic E-state index is 0.00472. The zero-order chi connectivity index (χ0) is 31.9. The van der Waals surface area contributed by atoms with Crippen LogP contribution in [0.3, 0.4) is 0 Å². The van der Waals surface area contributed by atoms with Gasteiger partial charge in [0.2, 0.25) is 0 Å². The Bertz CT molecular complexity index is 2080. The fraction of sp³-hybridized carbons (Fsp3) is 0. The van der Waals surface area contributed by atoms with E-state index in [9.17, 15) is 19.5 Å². The maximum atomic E-state index is 13.4. The molecule has 9 heteroatoms. The molecule has 0 atom stereocenters. The van der Waals surface area contributed by atoms with Gasteiger partial charge in [0.1, 0.15) is 5.69 Å². The number of anilines is 3. The maximum Gasteiger partial charge on any atom is 0.259 e. The van der Waals surface area contributed by atoms with Gasteiger partial charge in [-0.2, -0.15) is 5.11 Å². The lowest BCUT2D eigenvalue weighted by Gasteiger charge is -2.12. The number of nitrogens with zero attached hydrogens (tertiary/aromatic N) is 2. The van der Waals surface area contributed by atoms with E-state index in [1.54, 1.807) is 103 Å². The Labute approximate surface area is 264 Å². The highest BCUT2D eigenvalue weighted by Gasteiger charge is 2.19. The average molecular weight is 606 g/mol. The standard InChI is InChI=1S/C37H27N5O4/c43-34-32(37(46)40-29-20-18-28(19-21-29)39-35(44)24-10-3-1-4-11-24)23-25-12-7-8-17-31(25)33(34)42-41-30-16-9-13-26(22-30)36(45)38-27-14-5-2-6-15-27/h1-23,43H,(H,38,45)(H,39,44)(H,40,46). The normalized spacial score (nSPS) is 10.9. The van der Waals surface area contributed by atoms with Gasteiger partial charge < -0.3 is 21.1 Å². The molecule has 6 aromatic carbocycles. The summed E-state index contributed by atoms with van der Waals surface area (Å²) >= 11 is 0. The second-order valence-electron chi connectivity index (χ2n) is 10.3. The summed E-state index contributed by atoms with van der Waals surface area (Å²) in [5, 5.41) is 29.6. The van der Waals surface area contributed by atoms with Gasteiger partial charge in [0, 0.05) is 33.6 Å². The molecule has 0 heterocycles. The van der Waals surface area contributed by atoms with Gasteiger partial charge >= 0.3 is 0 Å². The maximum absolute atomic E-state index is 13.4. The second-order valence-corrected chi connectivity index (χ2v) is 10.3. The molecule has 0 aliphatic rings. The molecule has 0 aromatic heterocycles. The fourth-order valence-corrected chi connectivity index (χ4v) is 4.76. The Balaban J connectivity index is 1.21. The van der Waals surface area contributed by atoms with E-state index in [1.807, 2.05) is 36.4 Å². The van der Waals surface area contributed by atoms with Crippen LogP contribution in [-0.2, 0) is 0 Å². The van der Waals surface area contributed by atoms with Crippen molar-refractivity contribution in [1.82, 2.24) is 0 Å². The number of amides is 3. The molecule has 0 saturated heterocycles. The van der Waals surface area contributed by atoms with Crippen molar-refractivity contribution in [3.8, 4) is 5.75 Å². The predicted octanol–water partition coefficient (Wildman–Crippen LogP) is 8.72. The van der Waals surface area contributed by atoms with Gasteiger partial charge in [-0.25, -0.2) is 0 Å². The number of carbonyl (C=O) groups excluding carboxylic acids is 3. The molecule has 0 saturated carbocycles. The fourth-order valence-electron chi connectivity index (χ4n) is 4.76. The minimum atomic E-state index is -0.555. The van der Waals surface area contributed by atoms with Crippen LogP contribution in [-0.4, -0.2) is 22.8 Å². The molecule has 6 rings (SSSR count). The van der Waals surface area contributed by atoms with Gasteiger partial charge in [0.05, 0.1) is 11.3 Å². The van der Waals surface area contributed by atoms with Crippen molar-refractivity contribution in [1.29, 1.82) is 0 Å². The van der Waals surface area contributed by atoms with Crippen LogP contribution in [0.4, 0.5) is 28.4 Å². The first-order chi connectivity index (χ1) is 22.4. The molecule has 0 aliphatic carbocycles. The molecule has 6 aromatic rings. The average Bonchev–Trinajstić information content (AvgIpc) is 3.09. The molecular weight excluding hydrogens is 578 g/mol. The van der Waals surface area contributed by atoms with Gasteiger partial charge in [-0.05, 0) is 78.2 Å². The van der Waals surface area contributed by atoms with Crippen LogP contribution in [0.2, 0.25) is 0 Å². The zero-order valence-corrected chi connectivity index (χ0v) is 24.3. The van der Waals surface area contributed by atoms with E-state index in [-0.39, 0.29) is 28.8 Å². The first-order valence-electron chi connectivity index (χ1n) is 14.4. The quantitative estimate of drug-likeness (QED) is 0.129. The molecule has 0 spiro atoms. The SMILES string of the molecule is O=C(Nc1ccc(NC(=O)c2cc3ccccc3c(N=Nc3cccc(C(=O)Nc4ccccc4)c3)c2O)cc1)c1ccccc1. The van der Waals surface area contributed by atoms with Crippen molar-refractivity contribution in [2.24, 2.45) is 10.2 Å². The summed E-state index contributed by atoms with van der Waals surface area (Å²) in [5.41, 5.74) is 3.10. The monoisotopic (exact) mass is 605 g/mol. The Morgan fingerprint density at radius 1 is 0.500 bits per heavy atom. The van der Waals surface area contributed by atoms with E-state index >= 15 is 0 Å². The third kappa shape index (κ3) is 6.79. The van der Waals surface area contributed by atoms with Crippen LogP contribution < -0.4 is 16.0 Å². The summed E-state index contributed by atoms with van der Waals surface area (Å²) < 4.78 is 0. The lowest BCUT2D eigenvalue weighted by Crippen LogP contribution is -2.13. The van der Waals surface area contributed by atoms with E-state index in [0.29, 0.717) is 44.6 Å². The molecule has 0 aliphatic heterocycles. The third-order valence-corrected chi connectivity index (χ3v) is 7.08. The van der Waals surface area contributed by atoms with Gasteiger partial charge in [-0.15, -0.1) is 5.11 Å². The smallest absolute Gasteiger partial charge is 0.259 e. The molecule has 3 amide bonds. The highest BCUT2D eigenvalue weighted by molar-refractivity contribution is 6.12. The minimum Gasteiger partial charge on any atom is -0.505 e. The number of aromatic hydroxyl groups is 1. The number of fused-ring (bicyclic) bond motifs is 1. The first kappa shape index (κ1) is 29.5.